The Hall–Kier alpha value is -0.910. The summed E-state index contributed by atoms with van der Waals surface area (Å²) < 4.78 is 37.7. The van der Waals surface area contributed by atoms with Crippen LogP contribution in [-0.2, 0) is 38.0 Å². The first-order valence-electron chi connectivity index (χ1n) is 18.9. The molecule has 0 spiro atoms. The van der Waals surface area contributed by atoms with Gasteiger partial charge < -0.3 is 53.7 Å². The number of nitrogens with zero attached hydrogens (tertiary/aromatic N) is 1. The number of thioether (sulfide) groups is 1. The van der Waals surface area contributed by atoms with E-state index in [-0.39, 0.29) is 36.0 Å². The predicted molar refractivity (Wildman–Crippen MR) is 197 cm³/mol. The standard InChI is InChI=1S/C38H69NO12S/c1-18-16-37(9,45)34(51-36-30(42)26(39(11)12)15-19(2)47-36)22(5)31(49-27-17-38(10,46-13)33(43)24(7)48-27)23(6)35(44)50-32(25(8)52-14)21(4)29(41)20(3)28(18)40/h18-27,29-34,36,41-43,45H,15-17H2,1-14H3. The van der Waals surface area contributed by atoms with Crippen molar-refractivity contribution in [1.29, 1.82) is 0 Å². The van der Waals surface area contributed by atoms with Crippen molar-refractivity contribution in [1.82, 2.24) is 4.90 Å². The first-order chi connectivity index (χ1) is 24.0. The van der Waals surface area contributed by atoms with Crippen LogP contribution in [0, 0.1) is 29.6 Å². The van der Waals surface area contributed by atoms with E-state index < -0.39 is 102 Å². The zero-order chi connectivity index (χ0) is 39.6. The van der Waals surface area contributed by atoms with E-state index in [1.54, 1.807) is 55.4 Å². The van der Waals surface area contributed by atoms with Gasteiger partial charge in [-0.05, 0) is 74.7 Å². The molecule has 19 atom stereocenters. The molecule has 0 aromatic carbocycles. The fourth-order valence-corrected chi connectivity index (χ4v) is 9.09. The van der Waals surface area contributed by atoms with Crippen LogP contribution in [0.5, 0.6) is 0 Å². The lowest BCUT2D eigenvalue weighted by molar-refractivity contribution is -0.317. The van der Waals surface area contributed by atoms with Gasteiger partial charge in [0.1, 0.15) is 24.1 Å². The Bertz CT molecular complexity index is 1180. The molecule has 19 unspecified atom stereocenters. The number of esters is 1. The molecular formula is C38H69NO12S. The average molecular weight is 764 g/mol. The normalized spacial score (nSPS) is 48.2. The number of carbonyl (C=O) groups is 2. The molecule has 13 nitrogen and oxygen atoms in total. The van der Waals surface area contributed by atoms with Crippen LogP contribution in [0.15, 0.2) is 0 Å². The number of likely N-dealkylation sites (N-methyl/N-ethyl adjacent to an activating group) is 1. The molecule has 304 valence electrons. The minimum atomic E-state index is -1.73. The summed E-state index contributed by atoms with van der Waals surface area (Å²) in [5, 5.41) is 46.2. The van der Waals surface area contributed by atoms with Gasteiger partial charge in [-0.25, -0.2) is 0 Å². The van der Waals surface area contributed by atoms with Gasteiger partial charge in [0.2, 0.25) is 0 Å². The van der Waals surface area contributed by atoms with Crippen LogP contribution >= 0.6 is 11.8 Å². The largest absolute Gasteiger partial charge is 0.461 e. The van der Waals surface area contributed by atoms with E-state index in [2.05, 4.69) is 0 Å². The molecule has 3 rings (SSSR count). The molecule has 52 heavy (non-hydrogen) atoms. The summed E-state index contributed by atoms with van der Waals surface area (Å²) in [5.74, 6) is -4.70. The number of rotatable bonds is 8. The summed E-state index contributed by atoms with van der Waals surface area (Å²) in [6.07, 6.45) is -6.59. The summed E-state index contributed by atoms with van der Waals surface area (Å²) in [6.45, 7) is 17.5. The Morgan fingerprint density at radius 1 is 0.904 bits per heavy atom. The second kappa shape index (κ2) is 18.4. The van der Waals surface area contributed by atoms with E-state index in [4.69, 9.17) is 28.4 Å². The molecule has 3 aliphatic rings. The average Bonchev–Trinajstić information content (AvgIpc) is 3.08. The second-order valence-corrected chi connectivity index (χ2v) is 17.9. The number of aliphatic hydroxyl groups excluding tert-OH is 3. The number of aliphatic hydroxyl groups is 4. The number of methoxy groups -OCH3 is 1. The second-order valence-electron chi connectivity index (χ2n) is 16.7. The number of ether oxygens (including phenoxy) is 6. The molecule has 3 fully saturated rings. The monoisotopic (exact) mass is 763 g/mol. The summed E-state index contributed by atoms with van der Waals surface area (Å²) in [7, 11) is 5.24. The number of cyclic esters (lactones) is 1. The Labute approximate surface area is 315 Å². The molecule has 0 aromatic heterocycles. The molecule has 3 saturated heterocycles. The van der Waals surface area contributed by atoms with Gasteiger partial charge in [-0.2, -0.15) is 11.8 Å². The van der Waals surface area contributed by atoms with Crippen LogP contribution in [0.4, 0.5) is 0 Å². The summed E-state index contributed by atoms with van der Waals surface area (Å²) in [5.41, 5.74) is -2.75. The molecule has 0 amide bonds. The molecule has 3 heterocycles. The summed E-state index contributed by atoms with van der Waals surface area (Å²) in [6, 6.07) is -0.302. The van der Waals surface area contributed by atoms with Gasteiger partial charge in [0.25, 0.3) is 0 Å². The molecule has 14 heteroatoms. The Kier molecular flexibility index (Phi) is 16.1. The predicted octanol–water partition coefficient (Wildman–Crippen LogP) is 3.01. The third-order valence-corrected chi connectivity index (χ3v) is 13.1. The van der Waals surface area contributed by atoms with E-state index in [0.29, 0.717) is 6.42 Å². The van der Waals surface area contributed by atoms with Gasteiger partial charge in [-0.1, -0.05) is 27.7 Å². The lowest BCUT2D eigenvalue weighted by Gasteiger charge is -2.49. The molecule has 0 aromatic rings. The lowest BCUT2D eigenvalue weighted by atomic mass is 9.74. The third kappa shape index (κ3) is 10.1. The number of hydrogen-bond donors (Lipinski definition) is 4. The van der Waals surface area contributed by atoms with Crippen molar-refractivity contribution in [2.24, 2.45) is 29.6 Å². The van der Waals surface area contributed by atoms with Gasteiger partial charge in [0, 0.05) is 48.5 Å². The highest BCUT2D eigenvalue weighted by Gasteiger charge is 2.52. The highest BCUT2D eigenvalue weighted by atomic mass is 32.2. The smallest absolute Gasteiger partial charge is 0.311 e. The van der Waals surface area contributed by atoms with Crippen molar-refractivity contribution in [3.63, 3.8) is 0 Å². The topological polar surface area (TPSA) is 174 Å². The number of Topliss-reactive ketones (excluding diaryl/α,β-unsaturated/α-hetero) is 1. The van der Waals surface area contributed by atoms with Gasteiger partial charge in [0.15, 0.2) is 12.6 Å². The Morgan fingerprint density at radius 2 is 1.52 bits per heavy atom. The number of ketones is 1. The molecule has 3 aliphatic heterocycles. The maximum absolute atomic E-state index is 14.3. The highest BCUT2D eigenvalue weighted by molar-refractivity contribution is 7.99. The molecule has 4 N–H and O–H groups in total. The molecular weight excluding hydrogens is 694 g/mol. The van der Waals surface area contributed by atoms with Crippen LogP contribution in [-0.4, -0.2) is 148 Å². The van der Waals surface area contributed by atoms with E-state index in [1.807, 2.05) is 39.1 Å². The fourth-order valence-electron chi connectivity index (χ4n) is 8.52. The lowest BCUT2D eigenvalue weighted by Crippen LogP contribution is -2.60. The fraction of sp³-hybridized carbons (Fsp3) is 0.947. The van der Waals surface area contributed by atoms with Crippen molar-refractivity contribution in [3.8, 4) is 0 Å². The van der Waals surface area contributed by atoms with Crippen LogP contribution < -0.4 is 0 Å². The first-order valence-corrected chi connectivity index (χ1v) is 20.2. The molecule has 0 radical (unpaired) electrons. The quantitative estimate of drug-likeness (QED) is 0.266. The van der Waals surface area contributed by atoms with Crippen LogP contribution in [0.1, 0.15) is 88.5 Å². The first kappa shape index (κ1) is 45.5. The van der Waals surface area contributed by atoms with E-state index in [0.717, 1.165) is 0 Å². The summed E-state index contributed by atoms with van der Waals surface area (Å²) in [4.78, 5) is 30.1. The molecule has 0 saturated carbocycles. The van der Waals surface area contributed by atoms with Crippen molar-refractivity contribution in [2.45, 2.75) is 172 Å². The van der Waals surface area contributed by atoms with E-state index in [9.17, 15) is 30.0 Å². The number of hydrogen-bond acceptors (Lipinski definition) is 14. The van der Waals surface area contributed by atoms with Crippen LogP contribution in [0.25, 0.3) is 0 Å². The maximum Gasteiger partial charge on any atom is 0.311 e. The van der Waals surface area contributed by atoms with Gasteiger partial charge >= 0.3 is 5.97 Å². The van der Waals surface area contributed by atoms with Gasteiger partial charge in [-0.3, -0.25) is 9.59 Å². The van der Waals surface area contributed by atoms with E-state index in [1.165, 1.54) is 18.9 Å². The van der Waals surface area contributed by atoms with E-state index >= 15 is 0 Å². The van der Waals surface area contributed by atoms with Crippen molar-refractivity contribution < 1.29 is 58.4 Å². The number of carbonyl (C=O) groups excluding carboxylic acids is 2. The van der Waals surface area contributed by atoms with Crippen molar-refractivity contribution in [2.75, 3.05) is 27.5 Å². The SMILES string of the molecule is COC1(C)CC(OC2C(C)C(=O)OC(C(C)SC)C(C)C(O)C(C)C(=O)C(C)CC(C)(O)C(OC3OC(C)CC(N(C)C)C3O)C2C)OC(C)C1O. The Balaban J connectivity index is 2.19. The van der Waals surface area contributed by atoms with Gasteiger partial charge in [0.05, 0.1) is 47.6 Å². The molecule has 0 aliphatic carbocycles. The minimum absolute atomic E-state index is 0.0527. The minimum Gasteiger partial charge on any atom is -0.461 e. The van der Waals surface area contributed by atoms with Crippen molar-refractivity contribution in [3.05, 3.63) is 0 Å². The van der Waals surface area contributed by atoms with Crippen molar-refractivity contribution >= 4 is 23.5 Å². The zero-order valence-corrected chi connectivity index (χ0v) is 34.7. The summed E-state index contributed by atoms with van der Waals surface area (Å²) >= 11 is 1.49. The highest BCUT2D eigenvalue weighted by Crippen LogP contribution is 2.40. The van der Waals surface area contributed by atoms with Crippen LogP contribution in [0.3, 0.4) is 0 Å². The third-order valence-electron chi connectivity index (χ3n) is 12.1. The zero-order valence-electron chi connectivity index (χ0n) is 33.8. The van der Waals surface area contributed by atoms with Gasteiger partial charge in [-0.15, -0.1) is 0 Å². The Morgan fingerprint density at radius 3 is 2.08 bits per heavy atom. The van der Waals surface area contributed by atoms with Crippen LogP contribution in [0.2, 0.25) is 0 Å². The molecule has 0 bridgehead atoms. The maximum atomic E-state index is 14.3.